The van der Waals surface area contributed by atoms with Gasteiger partial charge in [0, 0.05) is 6.54 Å². The Morgan fingerprint density at radius 3 is 2.58 bits per heavy atom. The molecule has 0 aromatic heterocycles. The maximum atomic E-state index is 10.2. The van der Waals surface area contributed by atoms with Crippen molar-refractivity contribution in [2.24, 2.45) is 0 Å². The molecule has 0 spiro atoms. The number of hydrogen-bond acceptors (Lipinski definition) is 3. The van der Waals surface area contributed by atoms with Crippen LogP contribution in [0.25, 0.3) is 0 Å². The van der Waals surface area contributed by atoms with Crippen LogP contribution in [0.5, 0.6) is 0 Å². The van der Waals surface area contributed by atoms with Crippen LogP contribution in [-0.4, -0.2) is 31.8 Å². The number of nitrogens with one attached hydrogen (secondary N) is 1. The Labute approximate surface area is 73.4 Å². The molecule has 0 heterocycles. The fourth-order valence-electron chi connectivity index (χ4n) is 0.681. The summed E-state index contributed by atoms with van der Waals surface area (Å²) in [6.07, 6.45) is 0.423. The van der Waals surface area contributed by atoms with E-state index in [1.54, 1.807) is 0 Å². The lowest BCUT2D eigenvalue weighted by Crippen LogP contribution is -2.19. The molecule has 12 heavy (non-hydrogen) atoms. The van der Waals surface area contributed by atoms with Gasteiger partial charge in [-0.25, -0.2) is 0 Å². The van der Waals surface area contributed by atoms with Crippen LogP contribution in [0.3, 0.4) is 0 Å². The van der Waals surface area contributed by atoms with Crippen molar-refractivity contribution in [2.75, 3.05) is 18.8 Å². The highest BCUT2D eigenvalue weighted by molar-refractivity contribution is 7.85. The standard InChI is InChI=1S/C7H15NO3S/c1-7(2)6-8-4-3-5-12(9,10)11/h8H,1,3-6H2,2H3,(H,9,10,11). The summed E-state index contributed by atoms with van der Waals surface area (Å²) in [5.41, 5.74) is 1.00. The summed E-state index contributed by atoms with van der Waals surface area (Å²) in [6.45, 7) is 6.82. The SMILES string of the molecule is C=C(C)CNCCCS(=O)(=O)O. The maximum absolute atomic E-state index is 10.2. The van der Waals surface area contributed by atoms with Crippen LogP contribution in [0.4, 0.5) is 0 Å². The van der Waals surface area contributed by atoms with E-state index in [0.717, 1.165) is 5.57 Å². The Morgan fingerprint density at radius 2 is 2.17 bits per heavy atom. The average Bonchev–Trinajstić information content (AvgIpc) is 1.83. The van der Waals surface area contributed by atoms with Crippen LogP contribution in [0.1, 0.15) is 13.3 Å². The van der Waals surface area contributed by atoms with E-state index in [2.05, 4.69) is 11.9 Å². The fourth-order valence-corrected chi connectivity index (χ4v) is 1.19. The van der Waals surface area contributed by atoms with Crippen molar-refractivity contribution in [3.05, 3.63) is 12.2 Å². The first kappa shape index (κ1) is 11.6. The molecule has 0 saturated heterocycles. The molecule has 0 atom stereocenters. The minimum Gasteiger partial charge on any atom is -0.313 e. The Morgan fingerprint density at radius 1 is 1.58 bits per heavy atom. The summed E-state index contributed by atoms with van der Waals surface area (Å²) < 4.78 is 28.8. The first-order chi connectivity index (χ1) is 5.42. The second-order valence-electron chi connectivity index (χ2n) is 2.77. The molecule has 0 fully saturated rings. The monoisotopic (exact) mass is 193 g/mol. The molecule has 0 rings (SSSR count). The predicted octanol–water partition coefficient (Wildman–Crippen LogP) is 0.430. The van der Waals surface area contributed by atoms with Crippen molar-refractivity contribution < 1.29 is 13.0 Å². The molecule has 0 aliphatic heterocycles. The predicted molar refractivity (Wildman–Crippen MR) is 48.7 cm³/mol. The van der Waals surface area contributed by atoms with Crippen LogP contribution in [0.15, 0.2) is 12.2 Å². The smallest absolute Gasteiger partial charge is 0.264 e. The van der Waals surface area contributed by atoms with Crippen LogP contribution in [-0.2, 0) is 10.1 Å². The summed E-state index contributed by atoms with van der Waals surface area (Å²) in [5.74, 6) is -0.184. The Kier molecular flexibility index (Phi) is 5.12. The summed E-state index contributed by atoms with van der Waals surface area (Å²) in [5, 5.41) is 2.98. The van der Waals surface area contributed by atoms with Gasteiger partial charge in [-0.1, -0.05) is 12.2 Å². The van der Waals surface area contributed by atoms with Crippen LogP contribution in [0.2, 0.25) is 0 Å². The molecular weight excluding hydrogens is 178 g/mol. The van der Waals surface area contributed by atoms with Crippen molar-refractivity contribution >= 4 is 10.1 Å². The molecule has 0 bridgehead atoms. The molecule has 0 aliphatic carbocycles. The zero-order chi connectivity index (χ0) is 9.61. The molecule has 2 N–H and O–H groups in total. The van der Waals surface area contributed by atoms with Gasteiger partial charge in [-0.3, -0.25) is 4.55 Å². The number of rotatable bonds is 6. The molecular formula is C7H15NO3S. The summed E-state index contributed by atoms with van der Waals surface area (Å²) >= 11 is 0. The average molecular weight is 193 g/mol. The van der Waals surface area contributed by atoms with Gasteiger partial charge in [0.2, 0.25) is 0 Å². The van der Waals surface area contributed by atoms with Gasteiger partial charge in [-0.05, 0) is 19.9 Å². The van der Waals surface area contributed by atoms with E-state index < -0.39 is 10.1 Å². The third kappa shape index (κ3) is 9.61. The van der Waals surface area contributed by atoms with Crippen LogP contribution in [0, 0.1) is 0 Å². The number of hydrogen-bond donors (Lipinski definition) is 2. The van der Waals surface area contributed by atoms with Gasteiger partial charge in [0.25, 0.3) is 10.1 Å². The van der Waals surface area contributed by atoms with Gasteiger partial charge in [0.05, 0.1) is 5.75 Å². The molecule has 0 radical (unpaired) electrons. The molecule has 72 valence electrons. The molecule has 0 amide bonds. The molecule has 0 saturated carbocycles. The van der Waals surface area contributed by atoms with E-state index in [4.69, 9.17) is 4.55 Å². The zero-order valence-corrected chi connectivity index (χ0v) is 8.02. The second-order valence-corrected chi connectivity index (χ2v) is 4.35. The van der Waals surface area contributed by atoms with Crippen molar-refractivity contribution in [1.29, 1.82) is 0 Å². The van der Waals surface area contributed by atoms with Gasteiger partial charge in [-0.15, -0.1) is 0 Å². The quantitative estimate of drug-likeness (QED) is 0.365. The molecule has 4 nitrogen and oxygen atoms in total. The van der Waals surface area contributed by atoms with E-state index in [0.29, 0.717) is 19.5 Å². The van der Waals surface area contributed by atoms with Crippen LogP contribution >= 0.6 is 0 Å². The first-order valence-electron chi connectivity index (χ1n) is 3.72. The van der Waals surface area contributed by atoms with Crippen molar-refractivity contribution in [1.82, 2.24) is 5.32 Å². The fraction of sp³-hybridized carbons (Fsp3) is 0.714. The summed E-state index contributed by atoms with van der Waals surface area (Å²) in [4.78, 5) is 0. The van der Waals surface area contributed by atoms with Gasteiger partial charge < -0.3 is 5.32 Å². The Bertz CT molecular complexity index is 233. The van der Waals surface area contributed by atoms with Gasteiger partial charge in [-0.2, -0.15) is 8.42 Å². The van der Waals surface area contributed by atoms with Crippen LogP contribution < -0.4 is 5.32 Å². The third-order valence-electron chi connectivity index (χ3n) is 1.18. The van der Waals surface area contributed by atoms with Crippen molar-refractivity contribution in [2.45, 2.75) is 13.3 Å². The van der Waals surface area contributed by atoms with Crippen molar-refractivity contribution in [3.63, 3.8) is 0 Å². The lowest BCUT2D eigenvalue weighted by molar-refractivity contribution is 0.480. The second kappa shape index (κ2) is 5.29. The lowest BCUT2D eigenvalue weighted by Gasteiger charge is -2.02. The van der Waals surface area contributed by atoms with E-state index in [1.807, 2.05) is 6.92 Å². The zero-order valence-electron chi connectivity index (χ0n) is 7.21. The Hall–Kier alpha value is -0.390. The van der Waals surface area contributed by atoms with E-state index in [9.17, 15) is 8.42 Å². The van der Waals surface area contributed by atoms with Gasteiger partial charge >= 0.3 is 0 Å². The summed E-state index contributed by atoms with van der Waals surface area (Å²) in [6, 6.07) is 0. The topological polar surface area (TPSA) is 66.4 Å². The molecule has 5 heteroatoms. The van der Waals surface area contributed by atoms with Crippen molar-refractivity contribution in [3.8, 4) is 0 Å². The Balaban J connectivity index is 3.29. The molecule has 0 unspecified atom stereocenters. The summed E-state index contributed by atoms with van der Waals surface area (Å²) in [7, 11) is -3.79. The third-order valence-corrected chi connectivity index (χ3v) is 1.99. The minimum atomic E-state index is -3.79. The molecule has 0 aromatic carbocycles. The minimum absolute atomic E-state index is 0.184. The first-order valence-corrected chi connectivity index (χ1v) is 5.33. The lowest BCUT2D eigenvalue weighted by atomic mass is 10.3. The van der Waals surface area contributed by atoms with Gasteiger partial charge in [0.15, 0.2) is 0 Å². The highest BCUT2D eigenvalue weighted by atomic mass is 32.2. The highest BCUT2D eigenvalue weighted by Crippen LogP contribution is 1.87. The van der Waals surface area contributed by atoms with Gasteiger partial charge in [0.1, 0.15) is 0 Å². The van der Waals surface area contributed by atoms with E-state index in [1.165, 1.54) is 0 Å². The maximum Gasteiger partial charge on any atom is 0.264 e. The van der Waals surface area contributed by atoms with E-state index in [-0.39, 0.29) is 5.75 Å². The highest BCUT2D eigenvalue weighted by Gasteiger charge is 2.02. The normalized spacial score (nSPS) is 11.5. The largest absolute Gasteiger partial charge is 0.313 e. The molecule has 0 aromatic rings. The molecule has 0 aliphatic rings. The van der Waals surface area contributed by atoms with E-state index >= 15 is 0 Å².